The molecular weight excluding hydrogens is 296 g/mol. The van der Waals surface area contributed by atoms with E-state index in [1.807, 2.05) is 31.3 Å². The molecule has 1 aromatic carbocycles. The summed E-state index contributed by atoms with van der Waals surface area (Å²) < 4.78 is 0. The molecule has 4 nitrogen and oxygen atoms in total. The van der Waals surface area contributed by atoms with Gasteiger partial charge in [-0.05, 0) is 24.8 Å². The Morgan fingerprint density at radius 1 is 1.12 bits per heavy atom. The van der Waals surface area contributed by atoms with Crippen LogP contribution in [0.5, 0.6) is 0 Å². The lowest BCUT2D eigenvalue weighted by molar-refractivity contribution is 0.752. The molecule has 0 radical (unpaired) electrons. The van der Waals surface area contributed by atoms with Gasteiger partial charge >= 0.3 is 0 Å². The monoisotopic (exact) mass is 324 g/mol. The average Bonchev–Trinajstić information content (AvgIpc) is 2.59. The summed E-state index contributed by atoms with van der Waals surface area (Å²) in [6, 6.07) is 10.3. The van der Waals surface area contributed by atoms with Crippen molar-refractivity contribution >= 4 is 17.7 Å². The highest BCUT2D eigenvalue weighted by atomic mass is 15.1. The van der Waals surface area contributed by atoms with Crippen molar-refractivity contribution in [3.05, 3.63) is 47.4 Å². The molecule has 0 spiro atoms. The number of nitrogens with zero attached hydrogens (tertiary/aromatic N) is 3. The Morgan fingerprint density at radius 2 is 1.83 bits per heavy atom. The first-order valence-electron chi connectivity index (χ1n) is 8.71. The predicted octanol–water partition coefficient (Wildman–Crippen LogP) is 5.27. The molecule has 1 unspecified atom stereocenters. The Labute approximate surface area is 145 Å². The Morgan fingerprint density at radius 3 is 2.46 bits per heavy atom. The Balaban J connectivity index is 2.32. The maximum atomic E-state index is 4.72. The van der Waals surface area contributed by atoms with Gasteiger partial charge in [0.05, 0.1) is 5.69 Å². The molecule has 2 aromatic rings. The first-order chi connectivity index (χ1) is 11.5. The van der Waals surface area contributed by atoms with E-state index in [0.29, 0.717) is 5.92 Å². The molecule has 0 fully saturated rings. The molecule has 0 aliphatic rings. The van der Waals surface area contributed by atoms with Crippen molar-refractivity contribution in [1.29, 1.82) is 0 Å². The third-order valence-electron chi connectivity index (χ3n) is 4.00. The molecule has 0 saturated heterocycles. The van der Waals surface area contributed by atoms with Gasteiger partial charge < -0.3 is 5.32 Å². The molecular formula is C20H28N4. The van der Waals surface area contributed by atoms with Gasteiger partial charge in [0, 0.05) is 18.7 Å². The summed E-state index contributed by atoms with van der Waals surface area (Å²) in [5.74, 6) is 2.39. The second-order valence-corrected chi connectivity index (χ2v) is 6.52. The standard InChI is InChI=1S/C20H28N4/c1-6-15(4)12-21-18-16(5)23-19(14(2)3)24-20(18)22-13-17-10-8-7-9-11-17/h7-12,14-15H,6,13H2,1-5H3,(H,22,23,24)/b21-12-. The number of hydrogen-bond acceptors (Lipinski definition) is 4. The summed E-state index contributed by atoms with van der Waals surface area (Å²) in [6.45, 7) is 11.3. The minimum absolute atomic E-state index is 0.286. The highest BCUT2D eigenvalue weighted by Crippen LogP contribution is 2.28. The molecule has 1 N–H and O–H groups in total. The van der Waals surface area contributed by atoms with Crippen molar-refractivity contribution in [1.82, 2.24) is 9.97 Å². The second kappa shape index (κ2) is 8.57. The molecule has 1 aromatic heterocycles. The molecule has 1 atom stereocenters. The summed E-state index contributed by atoms with van der Waals surface area (Å²) in [6.07, 6.45) is 3.06. The van der Waals surface area contributed by atoms with Crippen molar-refractivity contribution in [2.75, 3.05) is 5.32 Å². The van der Waals surface area contributed by atoms with E-state index in [-0.39, 0.29) is 5.92 Å². The number of aromatic nitrogens is 2. The second-order valence-electron chi connectivity index (χ2n) is 6.52. The zero-order chi connectivity index (χ0) is 17.5. The molecule has 4 heteroatoms. The summed E-state index contributed by atoms with van der Waals surface area (Å²) in [4.78, 5) is 14.0. The largest absolute Gasteiger partial charge is 0.364 e. The van der Waals surface area contributed by atoms with Gasteiger partial charge in [0.25, 0.3) is 0 Å². The van der Waals surface area contributed by atoms with E-state index in [9.17, 15) is 0 Å². The van der Waals surface area contributed by atoms with Gasteiger partial charge in [0.1, 0.15) is 11.5 Å². The van der Waals surface area contributed by atoms with E-state index in [0.717, 1.165) is 36.0 Å². The van der Waals surface area contributed by atoms with E-state index >= 15 is 0 Å². The molecule has 0 bridgehead atoms. The first kappa shape index (κ1) is 18.1. The van der Waals surface area contributed by atoms with Crippen molar-refractivity contribution in [3.8, 4) is 0 Å². The fourth-order valence-corrected chi connectivity index (χ4v) is 2.21. The van der Waals surface area contributed by atoms with E-state index in [1.54, 1.807) is 0 Å². The van der Waals surface area contributed by atoms with Crippen LogP contribution in [0.4, 0.5) is 11.5 Å². The lowest BCUT2D eigenvalue weighted by Gasteiger charge is -2.14. The topological polar surface area (TPSA) is 50.2 Å². The third kappa shape index (κ3) is 4.88. The van der Waals surface area contributed by atoms with Gasteiger partial charge in [-0.25, -0.2) is 9.97 Å². The highest BCUT2D eigenvalue weighted by Gasteiger charge is 2.13. The average molecular weight is 324 g/mol. The van der Waals surface area contributed by atoms with Crippen LogP contribution in [0.3, 0.4) is 0 Å². The number of hydrogen-bond donors (Lipinski definition) is 1. The number of nitrogens with one attached hydrogen (secondary N) is 1. The molecule has 0 aliphatic heterocycles. The number of benzene rings is 1. The van der Waals surface area contributed by atoms with E-state index < -0.39 is 0 Å². The fourth-order valence-electron chi connectivity index (χ4n) is 2.21. The van der Waals surface area contributed by atoms with Gasteiger partial charge in [-0.2, -0.15) is 0 Å². The van der Waals surface area contributed by atoms with Crippen LogP contribution < -0.4 is 5.32 Å². The molecule has 0 aliphatic carbocycles. The van der Waals surface area contributed by atoms with Gasteiger partial charge in [0.2, 0.25) is 0 Å². The van der Waals surface area contributed by atoms with Gasteiger partial charge in [-0.1, -0.05) is 58.0 Å². The smallest absolute Gasteiger partial charge is 0.156 e. The van der Waals surface area contributed by atoms with Crippen LogP contribution in [0, 0.1) is 12.8 Å². The minimum Gasteiger partial charge on any atom is -0.364 e. The van der Waals surface area contributed by atoms with Crippen molar-refractivity contribution in [3.63, 3.8) is 0 Å². The number of aliphatic imine (C=N–C) groups is 1. The SMILES string of the molecule is CCC(C)/C=N\c1c(C)nc(C(C)C)nc1NCc1ccccc1. The molecule has 24 heavy (non-hydrogen) atoms. The number of rotatable bonds is 7. The summed E-state index contributed by atoms with van der Waals surface area (Å²) >= 11 is 0. The first-order valence-corrected chi connectivity index (χ1v) is 8.71. The Kier molecular flexibility index (Phi) is 6.47. The molecule has 0 saturated carbocycles. The van der Waals surface area contributed by atoms with E-state index in [2.05, 4.69) is 55.1 Å². The van der Waals surface area contributed by atoms with Gasteiger partial charge in [-0.15, -0.1) is 0 Å². The molecule has 0 amide bonds. The fraction of sp³-hybridized carbons (Fsp3) is 0.450. The van der Waals surface area contributed by atoms with Crippen LogP contribution in [0.2, 0.25) is 0 Å². The van der Waals surface area contributed by atoms with Gasteiger partial charge in [-0.3, -0.25) is 4.99 Å². The molecule has 1 heterocycles. The Hall–Kier alpha value is -2.23. The van der Waals surface area contributed by atoms with Crippen LogP contribution in [-0.4, -0.2) is 16.2 Å². The van der Waals surface area contributed by atoms with Crippen LogP contribution in [0.25, 0.3) is 0 Å². The van der Waals surface area contributed by atoms with E-state index in [1.165, 1.54) is 5.56 Å². The van der Waals surface area contributed by atoms with E-state index in [4.69, 9.17) is 4.98 Å². The zero-order valence-corrected chi connectivity index (χ0v) is 15.4. The molecule has 128 valence electrons. The summed E-state index contributed by atoms with van der Waals surface area (Å²) in [5.41, 5.74) is 2.98. The van der Waals surface area contributed by atoms with Crippen molar-refractivity contribution in [2.45, 2.75) is 53.5 Å². The van der Waals surface area contributed by atoms with Crippen LogP contribution in [0.1, 0.15) is 57.1 Å². The van der Waals surface area contributed by atoms with Crippen molar-refractivity contribution in [2.24, 2.45) is 10.9 Å². The maximum Gasteiger partial charge on any atom is 0.156 e. The third-order valence-corrected chi connectivity index (χ3v) is 4.00. The number of anilines is 1. The van der Waals surface area contributed by atoms with Crippen molar-refractivity contribution < 1.29 is 0 Å². The Bertz CT molecular complexity index is 678. The van der Waals surface area contributed by atoms with Crippen LogP contribution in [-0.2, 0) is 6.54 Å². The predicted molar refractivity (Wildman–Crippen MR) is 102 cm³/mol. The highest BCUT2D eigenvalue weighted by molar-refractivity contribution is 5.72. The quantitative estimate of drug-likeness (QED) is 0.706. The van der Waals surface area contributed by atoms with Gasteiger partial charge in [0.15, 0.2) is 5.82 Å². The van der Waals surface area contributed by atoms with Crippen LogP contribution in [0.15, 0.2) is 35.3 Å². The molecule has 2 rings (SSSR count). The lowest BCUT2D eigenvalue weighted by atomic mass is 10.1. The van der Waals surface area contributed by atoms with Crippen LogP contribution >= 0.6 is 0 Å². The zero-order valence-electron chi connectivity index (χ0n) is 15.4. The summed E-state index contributed by atoms with van der Waals surface area (Å²) in [5, 5.41) is 3.44. The minimum atomic E-state index is 0.286. The summed E-state index contributed by atoms with van der Waals surface area (Å²) in [7, 11) is 0. The maximum absolute atomic E-state index is 4.72. The number of aryl methyl sites for hydroxylation is 1. The normalized spacial score (nSPS) is 12.8. The lowest BCUT2D eigenvalue weighted by Crippen LogP contribution is -2.08.